The molecule has 1 aromatic rings. The van der Waals surface area contributed by atoms with E-state index in [0.29, 0.717) is 6.04 Å². The topological polar surface area (TPSA) is 35.6 Å². The summed E-state index contributed by atoms with van der Waals surface area (Å²) in [5.74, 6) is 0. The summed E-state index contributed by atoms with van der Waals surface area (Å²) in [7, 11) is 3.59. The predicted octanol–water partition coefficient (Wildman–Crippen LogP) is 3.77. The molecule has 0 spiro atoms. The minimum Gasteiger partial charge on any atom is -0.380 e. The summed E-state index contributed by atoms with van der Waals surface area (Å²) in [5.41, 5.74) is 1.09. The number of rotatable bonds is 2. The van der Waals surface area contributed by atoms with E-state index in [0.717, 1.165) is 40.6 Å². The van der Waals surface area contributed by atoms with Crippen molar-refractivity contribution < 1.29 is 4.79 Å². The van der Waals surface area contributed by atoms with Gasteiger partial charge in [-0.2, -0.15) is 0 Å². The van der Waals surface area contributed by atoms with Crippen LogP contribution >= 0.6 is 31.9 Å². The number of carbonyl (C=O) groups excluding carboxylic acids is 1. The van der Waals surface area contributed by atoms with Gasteiger partial charge in [-0.05, 0) is 56.8 Å². The third kappa shape index (κ3) is 3.67. The second-order valence-corrected chi connectivity index (χ2v) is 6.89. The fraction of sp³-hybridized carbons (Fsp3) is 0.500. The highest BCUT2D eigenvalue weighted by Crippen LogP contribution is 2.32. The molecule has 0 atom stereocenters. The van der Waals surface area contributed by atoms with Crippen molar-refractivity contribution in [3.05, 3.63) is 27.1 Å². The number of anilines is 1. The van der Waals surface area contributed by atoms with E-state index in [1.165, 1.54) is 0 Å². The van der Waals surface area contributed by atoms with Crippen molar-refractivity contribution in [2.45, 2.75) is 18.9 Å². The molecule has 0 unspecified atom stereocenters. The van der Waals surface area contributed by atoms with Crippen LogP contribution in [0.3, 0.4) is 0 Å². The number of para-hydroxylation sites is 1. The van der Waals surface area contributed by atoms with Gasteiger partial charge in [0, 0.05) is 42.2 Å². The molecule has 20 heavy (non-hydrogen) atoms. The first-order chi connectivity index (χ1) is 9.49. The number of nitrogens with zero attached hydrogens (tertiary/aromatic N) is 2. The van der Waals surface area contributed by atoms with Crippen molar-refractivity contribution in [2.24, 2.45) is 0 Å². The third-order valence-corrected chi connectivity index (χ3v) is 4.78. The first-order valence-corrected chi connectivity index (χ1v) is 8.24. The fourth-order valence-electron chi connectivity index (χ4n) is 2.34. The van der Waals surface area contributed by atoms with Gasteiger partial charge in [-0.25, -0.2) is 4.79 Å². The zero-order chi connectivity index (χ0) is 14.7. The smallest absolute Gasteiger partial charge is 0.319 e. The summed E-state index contributed by atoms with van der Waals surface area (Å²) in [5, 5.41) is 3.56. The summed E-state index contributed by atoms with van der Waals surface area (Å²) in [6.07, 6.45) is 1.93. The number of benzene rings is 1. The Balaban J connectivity index is 1.93. The van der Waals surface area contributed by atoms with Crippen molar-refractivity contribution in [3.63, 3.8) is 0 Å². The summed E-state index contributed by atoms with van der Waals surface area (Å²) >= 11 is 7.13. The molecule has 1 aliphatic rings. The maximum atomic E-state index is 11.9. The molecule has 0 radical (unpaired) electrons. The minimum absolute atomic E-state index is 0.102. The molecule has 0 aliphatic carbocycles. The number of hydrogen-bond donors (Lipinski definition) is 1. The number of hydrogen-bond acceptors (Lipinski definition) is 2. The number of carbonyl (C=O) groups is 1. The van der Waals surface area contributed by atoms with Gasteiger partial charge in [0.2, 0.25) is 0 Å². The largest absolute Gasteiger partial charge is 0.380 e. The number of likely N-dealkylation sites (tertiary alicyclic amines) is 1. The Morgan fingerprint density at radius 3 is 2.30 bits per heavy atom. The first kappa shape index (κ1) is 15.6. The monoisotopic (exact) mass is 403 g/mol. The summed E-state index contributed by atoms with van der Waals surface area (Å²) < 4.78 is 2.11. The van der Waals surface area contributed by atoms with Gasteiger partial charge in [0.05, 0.1) is 5.69 Å². The molecule has 0 saturated carbocycles. The van der Waals surface area contributed by atoms with E-state index in [1.807, 2.05) is 23.1 Å². The Bertz CT molecular complexity index is 465. The second-order valence-electron chi connectivity index (χ2n) is 5.18. The molecule has 110 valence electrons. The van der Waals surface area contributed by atoms with Gasteiger partial charge >= 0.3 is 6.03 Å². The average Bonchev–Trinajstić information content (AvgIpc) is 2.43. The molecule has 4 nitrogen and oxygen atoms in total. The van der Waals surface area contributed by atoms with E-state index in [4.69, 9.17) is 0 Å². The minimum atomic E-state index is 0.102. The molecule has 1 N–H and O–H groups in total. The maximum Gasteiger partial charge on any atom is 0.319 e. The Labute approximate surface area is 136 Å². The van der Waals surface area contributed by atoms with Crippen LogP contribution in [0.4, 0.5) is 10.5 Å². The molecule has 1 heterocycles. The van der Waals surface area contributed by atoms with Crippen LogP contribution in [0.1, 0.15) is 12.8 Å². The molecular weight excluding hydrogens is 386 g/mol. The van der Waals surface area contributed by atoms with Crippen molar-refractivity contribution in [1.29, 1.82) is 0 Å². The summed E-state index contributed by atoms with van der Waals surface area (Å²) in [6, 6.07) is 6.55. The second kappa shape index (κ2) is 6.80. The number of amides is 2. The molecule has 1 fully saturated rings. The van der Waals surface area contributed by atoms with E-state index in [2.05, 4.69) is 37.2 Å². The Hall–Kier alpha value is -0.750. The number of piperidine rings is 1. The number of urea groups is 1. The normalized spacial score (nSPS) is 16.1. The molecular formula is C14H19Br2N3O. The third-order valence-electron chi connectivity index (χ3n) is 3.46. The van der Waals surface area contributed by atoms with Gasteiger partial charge in [0.15, 0.2) is 0 Å². The van der Waals surface area contributed by atoms with Gasteiger partial charge in [0.25, 0.3) is 0 Å². The zero-order valence-corrected chi connectivity index (χ0v) is 14.9. The van der Waals surface area contributed by atoms with Crippen molar-refractivity contribution in [2.75, 3.05) is 32.5 Å². The quantitative estimate of drug-likeness (QED) is 0.814. The maximum absolute atomic E-state index is 11.9. The average molecular weight is 405 g/mol. The van der Waals surface area contributed by atoms with Gasteiger partial charge in [0.1, 0.15) is 0 Å². The van der Waals surface area contributed by atoms with Gasteiger partial charge in [-0.1, -0.05) is 6.07 Å². The van der Waals surface area contributed by atoms with Gasteiger partial charge in [-0.3, -0.25) is 0 Å². The lowest BCUT2D eigenvalue weighted by atomic mass is 10.0. The fourth-order valence-corrected chi connectivity index (χ4v) is 3.57. The summed E-state index contributed by atoms with van der Waals surface area (Å²) in [4.78, 5) is 15.4. The molecule has 2 rings (SSSR count). The van der Waals surface area contributed by atoms with Crippen LogP contribution in [-0.2, 0) is 0 Å². The van der Waals surface area contributed by atoms with Crippen LogP contribution in [0.2, 0.25) is 0 Å². The molecule has 6 heteroatoms. The first-order valence-electron chi connectivity index (χ1n) is 6.66. The van der Waals surface area contributed by atoms with Gasteiger partial charge in [-0.15, -0.1) is 0 Å². The van der Waals surface area contributed by atoms with E-state index < -0.39 is 0 Å². The Morgan fingerprint density at radius 1 is 1.25 bits per heavy atom. The SMILES string of the molecule is CN(C)C(=O)N1CCC(Nc2c(Br)cccc2Br)CC1. The van der Waals surface area contributed by atoms with Crippen LogP contribution in [0.25, 0.3) is 0 Å². The zero-order valence-electron chi connectivity index (χ0n) is 11.7. The molecule has 0 aromatic heterocycles. The Kier molecular flexibility index (Phi) is 5.32. The van der Waals surface area contributed by atoms with Crippen molar-refractivity contribution in [3.8, 4) is 0 Å². The van der Waals surface area contributed by atoms with Crippen LogP contribution < -0.4 is 5.32 Å². The lowest BCUT2D eigenvalue weighted by Crippen LogP contribution is -2.46. The highest BCUT2D eigenvalue weighted by Gasteiger charge is 2.24. The van der Waals surface area contributed by atoms with Gasteiger partial charge < -0.3 is 15.1 Å². The molecule has 1 saturated heterocycles. The molecule has 0 bridgehead atoms. The number of halogens is 2. The predicted molar refractivity (Wildman–Crippen MR) is 89.1 cm³/mol. The molecule has 1 aromatic carbocycles. The van der Waals surface area contributed by atoms with E-state index in [1.54, 1.807) is 19.0 Å². The highest BCUT2D eigenvalue weighted by molar-refractivity contribution is 9.11. The van der Waals surface area contributed by atoms with Crippen LogP contribution in [-0.4, -0.2) is 49.1 Å². The van der Waals surface area contributed by atoms with Crippen molar-refractivity contribution in [1.82, 2.24) is 9.80 Å². The Morgan fingerprint density at radius 2 is 1.80 bits per heavy atom. The standard InChI is InChI=1S/C14H19Br2N3O/c1-18(2)14(20)19-8-6-10(7-9-19)17-13-11(15)4-3-5-12(13)16/h3-5,10,17H,6-9H2,1-2H3. The van der Waals surface area contributed by atoms with E-state index >= 15 is 0 Å². The summed E-state index contributed by atoms with van der Waals surface area (Å²) in [6.45, 7) is 1.60. The van der Waals surface area contributed by atoms with E-state index in [-0.39, 0.29) is 6.03 Å². The molecule has 1 aliphatic heterocycles. The number of nitrogens with one attached hydrogen (secondary N) is 1. The molecule has 2 amide bonds. The van der Waals surface area contributed by atoms with Crippen molar-refractivity contribution >= 4 is 43.6 Å². The lowest BCUT2D eigenvalue weighted by Gasteiger charge is -2.34. The highest BCUT2D eigenvalue weighted by atomic mass is 79.9. The van der Waals surface area contributed by atoms with E-state index in [9.17, 15) is 4.79 Å². The lowest BCUT2D eigenvalue weighted by molar-refractivity contribution is 0.158. The van der Waals surface area contributed by atoms with Crippen LogP contribution in [0.5, 0.6) is 0 Å². The van der Waals surface area contributed by atoms with Crippen LogP contribution in [0, 0.1) is 0 Å². The van der Waals surface area contributed by atoms with Crippen LogP contribution in [0.15, 0.2) is 27.1 Å².